The van der Waals surface area contributed by atoms with Crippen molar-refractivity contribution in [3.63, 3.8) is 0 Å². The fourth-order valence-electron chi connectivity index (χ4n) is 1.84. The monoisotopic (exact) mass is 179 g/mol. The quantitative estimate of drug-likeness (QED) is 0.697. The molecular weight excluding hydrogens is 162 g/mol. The van der Waals surface area contributed by atoms with Gasteiger partial charge in [0.1, 0.15) is 0 Å². The number of aromatic nitrogens is 2. The summed E-state index contributed by atoms with van der Waals surface area (Å²) in [5.74, 6) is 0. The summed E-state index contributed by atoms with van der Waals surface area (Å²) in [4.78, 5) is 2.51. The first-order chi connectivity index (χ1) is 6.34. The zero-order chi connectivity index (χ0) is 9.10. The van der Waals surface area contributed by atoms with E-state index in [0.717, 1.165) is 13.1 Å². The molecule has 1 aliphatic heterocycles. The van der Waals surface area contributed by atoms with E-state index in [1.54, 1.807) is 0 Å². The van der Waals surface area contributed by atoms with E-state index in [4.69, 9.17) is 0 Å². The lowest BCUT2D eigenvalue weighted by Gasteiger charge is -2.13. The predicted molar refractivity (Wildman–Crippen MR) is 52.6 cm³/mol. The van der Waals surface area contributed by atoms with Crippen molar-refractivity contribution in [2.75, 3.05) is 19.6 Å². The first kappa shape index (κ1) is 8.75. The highest BCUT2D eigenvalue weighted by Gasteiger charge is 2.10. The molecule has 0 saturated carbocycles. The summed E-state index contributed by atoms with van der Waals surface area (Å²) in [5.41, 5.74) is 1.25. The maximum absolute atomic E-state index is 4.27. The smallest absolute Gasteiger partial charge is 0.0536 e. The molecule has 1 fully saturated rings. The Hall–Kier alpha value is -0.830. The number of rotatable bonds is 3. The Kier molecular flexibility index (Phi) is 2.64. The molecule has 1 aromatic heterocycles. The Labute approximate surface area is 79.3 Å². The Bertz CT molecular complexity index is 261. The van der Waals surface area contributed by atoms with Gasteiger partial charge in [0.25, 0.3) is 0 Å². The number of nitrogens with zero attached hydrogens (tertiary/aromatic N) is 3. The average molecular weight is 179 g/mol. The highest BCUT2D eigenvalue weighted by atomic mass is 15.3. The van der Waals surface area contributed by atoms with E-state index in [1.807, 2.05) is 10.9 Å². The van der Waals surface area contributed by atoms with Crippen LogP contribution in [0.15, 0.2) is 12.4 Å². The Morgan fingerprint density at radius 2 is 2.08 bits per heavy atom. The summed E-state index contributed by atoms with van der Waals surface area (Å²) in [6.07, 6.45) is 6.77. The maximum atomic E-state index is 4.27. The molecule has 72 valence electrons. The van der Waals surface area contributed by atoms with Crippen molar-refractivity contribution in [1.29, 1.82) is 0 Å². The molecule has 1 saturated heterocycles. The van der Waals surface area contributed by atoms with Crippen LogP contribution >= 0.6 is 0 Å². The van der Waals surface area contributed by atoms with Crippen LogP contribution < -0.4 is 0 Å². The van der Waals surface area contributed by atoms with Crippen LogP contribution in [0, 0.1) is 6.92 Å². The third-order valence-electron chi connectivity index (χ3n) is 2.61. The van der Waals surface area contributed by atoms with Crippen LogP contribution in [-0.4, -0.2) is 34.3 Å². The molecule has 0 amide bonds. The fraction of sp³-hybridized carbons (Fsp3) is 0.700. The molecule has 1 aliphatic rings. The van der Waals surface area contributed by atoms with Crippen molar-refractivity contribution in [3.8, 4) is 0 Å². The molecule has 0 aliphatic carbocycles. The van der Waals surface area contributed by atoms with Crippen molar-refractivity contribution >= 4 is 0 Å². The summed E-state index contributed by atoms with van der Waals surface area (Å²) in [6, 6.07) is 0. The molecule has 2 heterocycles. The van der Waals surface area contributed by atoms with Crippen molar-refractivity contribution in [1.82, 2.24) is 14.7 Å². The molecule has 0 radical (unpaired) electrons. The van der Waals surface area contributed by atoms with Crippen molar-refractivity contribution in [2.24, 2.45) is 0 Å². The van der Waals surface area contributed by atoms with Crippen LogP contribution in [-0.2, 0) is 6.54 Å². The van der Waals surface area contributed by atoms with E-state index >= 15 is 0 Å². The second kappa shape index (κ2) is 3.92. The van der Waals surface area contributed by atoms with Gasteiger partial charge < -0.3 is 4.90 Å². The zero-order valence-corrected chi connectivity index (χ0v) is 8.24. The molecule has 0 unspecified atom stereocenters. The topological polar surface area (TPSA) is 21.1 Å². The summed E-state index contributed by atoms with van der Waals surface area (Å²) in [6.45, 7) is 6.83. The molecule has 2 rings (SSSR count). The molecule has 3 nitrogen and oxygen atoms in total. The van der Waals surface area contributed by atoms with Crippen LogP contribution in [0.25, 0.3) is 0 Å². The van der Waals surface area contributed by atoms with Crippen LogP contribution in [0.5, 0.6) is 0 Å². The predicted octanol–water partition coefficient (Wildman–Crippen LogP) is 1.29. The summed E-state index contributed by atoms with van der Waals surface area (Å²) in [5, 5.41) is 4.27. The number of likely N-dealkylation sites (tertiary alicyclic amines) is 1. The van der Waals surface area contributed by atoms with Gasteiger partial charge in [-0.1, -0.05) is 0 Å². The molecule has 13 heavy (non-hydrogen) atoms. The lowest BCUT2D eigenvalue weighted by atomic mass is 10.4. The summed E-state index contributed by atoms with van der Waals surface area (Å²) >= 11 is 0. The Morgan fingerprint density at radius 1 is 1.31 bits per heavy atom. The number of aryl methyl sites for hydroxylation is 1. The lowest BCUT2D eigenvalue weighted by molar-refractivity contribution is 0.315. The largest absolute Gasteiger partial charge is 0.301 e. The van der Waals surface area contributed by atoms with E-state index in [-0.39, 0.29) is 0 Å². The highest BCUT2D eigenvalue weighted by Crippen LogP contribution is 2.06. The third kappa shape index (κ3) is 2.31. The van der Waals surface area contributed by atoms with Gasteiger partial charge in [-0.3, -0.25) is 4.68 Å². The van der Waals surface area contributed by atoms with Gasteiger partial charge in [-0.05, 0) is 38.4 Å². The van der Waals surface area contributed by atoms with E-state index < -0.39 is 0 Å². The minimum atomic E-state index is 1.04. The van der Waals surface area contributed by atoms with Crippen LogP contribution in [0.1, 0.15) is 18.4 Å². The standard InChI is InChI=1S/C10H17N3/c1-10-8-11-13(9-10)7-6-12-4-2-3-5-12/h8-9H,2-7H2,1H3. The van der Waals surface area contributed by atoms with Gasteiger partial charge in [0.05, 0.1) is 12.7 Å². The average Bonchev–Trinajstić information content (AvgIpc) is 2.71. The summed E-state index contributed by atoms with van der Waals surface area (Å²) < 4.78 is 2.04. The molecule has 0 aromatic carbocycles. The number of hydrogen-bond acceptors (Lipinski definition) is 2. The van der Waals surface area contributed by atoms with Gasteiger partial charge in [-0.2, -0.15) is 5.10 Å². The Balaban J connectivity index is 1.78. The first-order valence-electron chi connectivity index (χ1n) is 5.06. The minimum Gasteiger partial charge on any atom is -0.301 e. The van der Waals surface area contributed by atoms with Gasteiger partial charge in [0.15, 0.2) is 0 Å². The van der Waals surface area contributed by atoms with Gasteiger partial charge in [0, 0.05) is 12.7 Å². The van der Waals surface area contributed by atoms with Gasteiger partial charge in [0.2, 0.25) is 0 Å². The first-order valence-corrected chi connectivity index (χ1v) is 5.06. The molecule has 0 bridgehead atoms. The van der Waals surface area contributed by atoms with Crippen LogP contribution in [0.2, 0.25) is 0 Å². The number of hydrogen-bond donors (Lipinski definition) is 0. The van der Waals surface area contributed by atoms with Gasteiger partial charge in [-0.25, -0.2) is 0 Å². The highest BCUT2D eigenvalue weighted by molar-refractivity contribution is 4.99. The lowest BCUT2D eigenvalue weighted by Crippen LogP contribution is -2.24. The second-order valence-corrected chi connectivity index (χ2v) is 3.83. The normalized spacial score (nSPS) is 18.2. The molecular formula is C10H17N3. The van der Waals surface area contributed by atoms with E-state index in [9.17, 15) is 0 Å². The van der Waals surface area contributed by atoms with Crippen molar-refractivity contribution < 1.29 is 0 Å². The SMILES string of the molecule is Cc1cnn(CCN2CCCC2)c1. The minimum absolute atomic E-state index is 1.04. The maximum Gasteiger partial charge on any atom is 0.0536 e. The van der Waals surface area contributed by atoms with E-state index in [1.165, 1.54) is 31.5 Å². The fourth-order valence-corrected chi connectivity index (χ4v) is 1.84. The summed E-state index contributed by atoms with van der Waals surface area (Å²) in [7, 11) is 0. The van der Waals surface area contributed by atoms with Gasteiger partial charge >= 0.3 is 0 Å². The Morgan fingerprint density at radius 3 is 2.69 bits per heavy atom. The molecule has 1 aromatic rings. The van der Waals surface area contributed by atoms with Crippen LogP contribution in [0.4, 0.5) is 0 Å². The van der Waals surface area contributed by atoms with Crippen molar-refractivity contribution in [2.45, 2.75) is 26.3 Å². The second-order valence-electron chi connectivity index (χ2n) is 3.83. The zero-order valence-electron chi connectivity index (χ0n) is 8.24. The van der Waals surface area contributed by atoms with Crippen LogP contribution in [0.3, 0.4) is 0 Å². The third-order valence-corrected chi connectivity index (χ3v) is 2.61. The van der Waals surface area contributed by atoms with E-state index in [2.05, 4.69) is 23.1 Å². The van der Waals surface area contributed by atoms with E-state index in [0.29, 0.717) is 0 Å². The van der Waals surface area contributed by atoms with Gasteiger partial charge in [-0.15, -0.1) is 0 Å². The molecule has 0 N–H and O–H groups in total. The van der Waals surface area contributed by atoms with Crippen molar-refractivity contribution in [3.05, 3.63) is 18.0 Å². The molecule has 0 atom stereocenters. The molecule has 3 heteroatoms. The molecule has 0 spiro atoms.